The van der Waals surface area contributed by atoms with E-state index in [1.807, 2.05) is 6.07 Å². The zero-order chi connectivity index (χ0) is 7.07. The molecule has 48 valence electrons. The standard InChI is InChI=1S/C6H8N2O/c1-6(2)4(3-7)8-5(6)9/h4H,1-2H3,(H,8,9)/t4-/m1/s1. The lowest BCUT2D eigenvalue weighted by Gasteiger charge is -2.38. The number of β-lactam (4-membered cyclic amide) rings is 1. The van der Waals surface area contributed by atoms with Crippen LogP contribution >= 0.6 is 0 Å². The van der Waals surface area contributed by atoms with E-state index in [-0.39, 0.29) is 11.9 Å². The first-order chi connectivity index (χ1) is 4.09. The Kier molecular flexibility index (Phi) is 0.995. The molecule has 1 rings (SSSR count). The molecule has 0 radical (unpaired) electrons. The summed E-state index contributed by atoms with van der Waals surface area (Å²) in [7, 11) is 0. The second-order valence-electron chi connectivity index (χ2n) is 2.76. The van der Waals surface area contributed by atoms with Gasteiger partial charge in [0.1, 0.15) is 6.04 Å². The molecule has 0 spiro atoms. The first kappa shape index (κ1) is 6.09. The first-order valence-electron chi connectivity index (χ1n) is 2.79. The average molecular weight is 124 g/mol. The quantitative estimate of drug-likeness (QED) is 0.463. The van der Waals surface area contributed by atoms with Crippen LogP contribution in [-0.2, 0) is 4.79 Å². The van der Waals surface area contributed by atoms with Gasteiger partial charge in [-0.1, -0.05) is 0 Å². The lowest BCUT2D eigenvalue weighted by Crippen LogP contribution is -2.63. The number of hydrogen-bond donors (Lipinski definition) is 1. The highest BCUT2D eigenvalue weighted by atomic mass is 16.2. The van der Waals surface area contributed by atoms with E-state index in [1.54, 1.807) is 13.8 Å². The van der Waals surface area contributed by atoms with E-state index in [1.165, 1.54) is 0 Å². The molecule has 1 heterocycles. The minimum absolute atomic E-state index is 0.0333. The molecule has 3 heteroatoms. The van der Waals surface area contributed by atoms with Crippen LogP contribution in [0, 0.1) is 16.7 Å². The van der Waals surface area contributed by atoms with Gasteiger partial charge < -0.3 is 5.32 Å². The van der Waals surface area contributed by atoms with Crippen LogP contribution < -0.4 is 5.32 Å². The molecular weight excluding hydrogens is 116 g/mol. The zero-order valence-corrected chi connectivity index (χ0v) is 5.43. The molecule has 3 nitrogen and oxygen atoms in total. The summed E-state index contributed by atoms with van der Waals surface area (Å²) < 4.78 is 0. The van der Waals surface area contributed by atoms with Gasteiger partial charge >= 0.3 is 0 Å². The van der Waals surface area contributed by atoms with Crippen molar-refractivity contribution >= 4 is 5.91 Å². The molecule has 9 heavy (non-hydrogen) atoms. The number of amides is 1. The molecule has 1 N–H and O–H groups in total. The van der Waals surface area contributed by atoms with Crippen LogP contribution in [0.2, 0.25) is 0 Å². The minimum Gasteiger partial charge on any atom is -0.339 e. The number of carbonyl (C=O) groups excluding carboxylic acids is 1. The van der Waals surface area contributed by atoms with E-state index in [2.05, 4.69) is 5.32 Å². The van der Waals surface area contributed by atoms with Gasteiger partial charge in [-0.2, -0.15) is 5.26 Å². The second-order valence-corrected chi connectivity index (χ2v) is 2.76. The van der Waals surface area contributed by atoms with Crippen LogP contribution in [0.4, 0.5) is 0 Å². The largest absolute Gasteiger partial charge is 0.339 e. The van der Waals surface area contributed by atoms with Crippen molar-refractivity contribution < 1.29 is 4.79 Å². The average Bonchev–Trinajstić information content (AvgIpc) is 1.82. The maximum Gasteiger partial charge on any atom is 0.229 e. The molecule has 1 fully saturated rings. The highest BCUT2D eigenvalue weighted by Gasteiger charge is 2.47. The molecule has 0 bridgehead atoms. The summed E-state index contributed by atoms with van der Waals surface area (Å²) in [5, 5.41) is 10.9. The van der Waals surface area contributed by atoms with Crippen LogP contribution in [0.1, 0.15) is 13.8 Å². The number of nitriles is 1. The fraction of sp³-hybridized carbons (Fsp3) is 0.667. The fourth-order valence-corrected chi connectivity index (χ4v) is 0.745. The molecule has 1 aliphatic rings. The summed E-state index contributed by atoms with van der Waals surface area (Å²) in [5.41, 5.74) is -0.464. The smallest absolute Gasteiger partial charge is 0.229 e. The third kappa shape index (κ3) is 0.595. The third-order valence-corrected chi connectivity index (χ3v) is 1.71. The number of nitrogens with zero attached hydrogens (tertiary/aromatic N) is 1. The molecule has 1 atom stereocenters. The number of carbonyl (C=O) groups is 1. The molecule has 1 saturated heterocycles. The van der Waals surface area contributed by atoms with E-state index in [0.717, 1.165) is 0 Å². The van der Waals surface area contributed by atoms with Crippen molar-refractivity contribution in [3.05, 3.63) is 0 Å². The third-order valence-electron chi connectivity index (χ3n) is 1.71. The number of nitrogens with one attached hydrogen (secondary N) is 1. The van der Waals surface area contributed by atoms with Crippen LogP contribution in [0.15, 0.2) is 0 Å². The molecule has 0 aromatic carbocycles. The van der Waals surface area contributed by atoms with Gasteiger partial charge in [0.25, 0.3) is 0 Å². The summed E-state index contributed by atoms with van der Waals surface area (Å²) in [5.74, 6) is -0.0333. The van der Waals surface area contributed by atoms with Gasteiger partial charge in [0.15, 0.2) is 0 Å². The summed E-state index contributed by atoms with van der Waals surface area (Å²) in [4.78, 5) is 10.7. The number of hydrogen-bond acceptors (Lipinski definition) is 2. The van der Waals surface area contributed by atoms with E-state index < -0.39 is 5.41 Å². The fourth-order valence-electron chi connectivity index (χ4n) is 0.745. The van der Waals surface area contributed by atoms with Crippen LogP contribution in [0.5, 0.6) is 0 Å². The summed E-state index contributed by atoms with van der Waals surface area (Å²) in [6, 6.07) is 1.70. The van der Waals surface area contributed by atoms with Crippen molar-refractivity contribution in [1.29, 1.82) is 5.26 Å². The van der Waals surface area contributed by atoms with E-state index in [4.69, 9.17) is 5.26 Å². The highest BCUT2D eigenvalue weighted by molar-refractivity contribution is 5.90. The van der Waals surface area contributed by atoms with Crippen molar-refractivity contribution in [3.63, 3.8) is 0 Å². The van der Waals surface area contributed by atoms with Crippen molar-refractivity contribution in [2.24, 2.45) is 5.41 Å². The first-order valence-corrected chi connectivity index (χ1v) is 2.79. The zero-order valence-electron chi connectivity index (χ0n) is 5.43. The molecule has 0 aromatic rings. The van der Waals surface area contributed by atoms with Gasteiger partial charge in [0.2, 0.25) is 5.91 Å². The maximum absolute atomic E-state index is 10.7. The summed E-state index contributed by atoms with van der Waals surface area (Å²) in [6.07, 6.45) is 0. The van der Waals surface area contributed by atoms with Gasteiger partial charge in [-0.25, -0.2) is 0 Å². The lowest BCUT2D eigenvalue weighted by molar-refractivity contribution is -0.140. The van der Waals surface area contributed by atoms with Gasteiger partial charge in [-0.15, -0.1) is 0 Å². The number of rotatable bonds is 0. The van der Waals surface area contributed by atoms with Gasteiger partial charge in [-0.3, -0.25) is 4.79 Å². The van der Waals surface area contributed by atoms with E-state index in [9.17, 15) is 4.79 Å². The molecule has 0 aromatic heterocycles. The molecule has 1 amide bonds. The van der Waals surface area contributed by atoms with Crippen LogP contribution in [0.25, 0.3) is 0 Å². The molecule has 1 aliphatic heterocycles. The van der Waals surface area contributed by atoms with Crippen molar-refractivity contribution in [2.75, 3.05) is 0 Å². The summed E-state index contributed by atoms with van der Waals surface area (Å²) in [6.45, 7) is 3.53. The van der Waals surface area contributed by atoms with Gasteiger partial charge in [0, 0.05) is 0 Å². The molecular formula is C6H8N2O. The minimum atomic E-state index is -0.464. The Labute approximate surface area is 53.7 Å². The highest BCUT2D eigenvalue weighted by Crippen LogP contribution is 2.28. The van der Waals surface area contributed by atoms with Crippen molar-refractivity contribution in [1.82, 2.24) is 5.32 Å². The SMILES string of the molecule is CC1(C)C(=O)N[C@@H]1C#N. The van der Waals surface area contributed by atoms with E-state index in [0.29, 0.717) is 0 Å². The molecule has 0 unspecified atom stereocenters. The monoisotopic (exact) mass is 124 g/mol. The molecule has 0 aliphatic carbocycles. The Morgan fingerprint density at radius 3 is 2.44 bits per heavy atom. The second kappa shape index (κ2) is 1.47. The topological polar surface area (TPSA) is 52.9 Å². The van der Waals surface area contributed by atoms with Gasteiger partial charge in [-0.05, 0) is 13.8 Å². The van der Waals surface area contributed by atoms with Crippen molar-refractivity contribution in [3.8, 4) is 6.07 Å². The van der Waals surface area contributed by atoms with Crippen LogP contribution in [0.3, 0.4) is 0 Å². The van der Waals surface area contributed by atoms with Gasteiger partial charge in [0.05, 0.1) is 11.5 Å². The Morgan fingerprint density at radius 1 is 1.78 bits per heavy atom. The predicted octanol–water partition coefficient (Wildman–Crippen LogP) is 0.0346. The van der Waals surface area contributed by atoms with Crippen molar-refractivity contribution in [2.45, 2.75) is 19.9 Å². The summed E-state index contributed by atoms with van der Waals surface area (Å²) >= 11 is 0. The Balaban J connectivity index is 2.72. The van der Waals surface area contributed by atoms with Crippen LogP contribution in [-0.4, -0.2) is 11.9 Å². The molecule has 0 saturated carbocycles. The normalized spacial score (nSPS) is 29.9. The Bertz CT molecular complexity index is 190. The lowest BCUT2D eigenvalue weighted by atomic mass is 9.77. The predicted molar refractivity (Wildman–Crippen MR) is 31.3 cm³/mol. The van der Waals surface area contributed by atoms with E-state index >= 15 is 0 Å². The Hall–Kier alpha value is -1.04. The maximum atomic E-state index is 10.7. The Morgan fingerprint density at radius 2 is 2.33 bits per heavy atom.